The molecule has 0 spiro atoms. The van der Waals surface area contributed by atoms with Gasteiger partial charge in [0.2, 0.25) is 0 Å². The molecule has 1 aromatic heterocycles. The van der Waals surface area contributed by atoms with Crippen LogP contribution in [-0.4, -0.2) is 9.97 Å². The molecule has 0 amide bonds. The van der Waals surface area contributed by atoms with E-state index in [4.69, 9.17) is 9.97 Å². The molecular weight excluding hydrogens is 376 g/mol. The average Bonchev–Trinajstić information content (AvgIpc) is 2.84. The molecule has 2 aromatic rings. The Balaban J connectivity index is 1.31. The van der Waals surface area contributed by atoms with Gasteiger partial charge in [0.1, 0.15) is 0 Å². The zero-order chi connectivity index (χ0) is 21.5. The monoisotopic (exact) mass is 418 g/mol. The third-order valence-electron chi connectivity index (χ3n) is 8.14. The van der Waals surface area contributed by atoms with Crippen molar-refractivity contribution in [2.75, 3.05) is 0 Å². The van der Waals surface area contributed by atoms with E-state index in [1.807, 2.05) is 0 Å². The molecule has 0 unspecified atom stereocenters. The van der Waals surface area contributed by atoms with E-state index in [1.165, 1.54) is 94.6 Å². The van der Waals surface area contributed by atoms with Crippen molar-refractivity contribution < 1.29 is 0 Å². The molecular formula is C29H42N2. The third-order valence-corrected chi connectivity index (χ3v) is 8.14. The van der Waals surface area contributed by atoms with Gasteiger partial charge in [-0.2, -0.15) is 0 Å². The molecule has 168 valence electrons. The molecule has 0 atom stereocenters. The second-order valence-electron chi connectivity index (χ2n) is 10.3. The molecule has 2 aliphatic carbocycles. The van der Waals surface area contributed by atoms with Gasteiger partial charge in [-0.15, -0.1) is 0 Å². The van der Waals surface area contributed by atoms with Crippen LogP contribution in [0.1, 0.15) is 120 Å². The van der Waals surface area contributed by atoms with Crippen LogP contribution < -0.4 is 0 Å². The van der Waals surface area contributed by atoms with Crippen molar-refractivity contribution in [3.8, 4) is 11.4 Å². The summed E-state index contributed by atoms with van der Waals surface area (Å²) >= 11 is 0. The highest BCUT2D eigenvalue weighted by atomic mass is 14.9. The lowest BCUT2D eigenvalue weighted by Gasteiger charge is -2.28. The fourth-order valence-electron chi connectivity index (χ4n) is 6.07. The number of hydrogen-bond donors (Lipinski definition) is 0. The zero-order valence-electron chi connectivity index (χ0n) is 19.9. The first-order chi connectivity index (χ1) is 15.3. The highest BCUT2D eigenvalue weighted by molar-refractivity contribution is 5.55. The van der Waals surface area contributed by atoms with E-state index in [-0.39, 0.29) is 0 Å². The maximum atomic E-state index is 4.75. The Morgan fingerprint density at radius 1 is 0.645 bits per heavy atom. The van der Waals surface area contributed by atoms with Crippen molar-refractivity contribution >= 4 is 0 Å². The number of nitrogens with zero attached hydrogens (tertiary/aromatic N) is 2. The molecule has 0 radical (unpaired) electrons. The van der Waals surface area contributed by atoms with Crippen LogP contribution in [0.15, 0.2) is 36.7 Å². The van der Waals surface area contributed by atoms with Gasteiger partial charge >= 0.3 is 0 Å². The van der Waals surface area contributed by atoms with E-state index >= 15 is 0 Å². The summed E-state index contributed by atoms with van der Waals surface area (Å²) in [5.41, 5.74) is 4.01. The highest BCUT2D eigenvalue weighted by Crippen LogP contribution is 2.39. The Morgan fingerprint density at radius 2 is 1.19 bits per heavy atom. The summed E-state index contributed by atoms with van der Waals surface area (Å²) in [6, 6.07) is 9.13. The van der Waals surface area contributed by atoms with Crippen LogP contribution in [0.3, 0.4) is 0 Å². The predicted molar refractivity (Wildman–Crippen MR) is 131 cm³/mol. The van der Waals surface area contributed by atoms with Crippen molar-refractivity contribution in [1.29, 1.82) is 0 Å². The molecule has 2 heteroatoms. The van der Waals surface area contributed by atoms with Crippen molar-refractivity contribution in [3.05, 3.63) is 47.8 Å². The fraction of sp³-hybridized carbons (Fsp3) is 0.655. The Morgan fingerprint density at radius 3 is 1.74 bits per heavy atom. The lowest BCUT2D eigenvalue weighted by atomic mass is 9.77. The molecule has 2 aliphatic rings. The minimum Gasteiger partial charge on any atom is -0.236 e. The quantitative estimate of drug-likeness (QED) is 0.428. The van der Waals surface area contributed by atoms with Gasteiger partial charge in [-0.3, -0.25) is 0 Å². The summed E-state index contributed by atoms with van der Waals surface area (Å²) in [7, 11) is 0. The van der Waals surface area contributed by atoms with Gasteiger partial charge in [-0.1, -0.05) is 70.2 Å². The number of hydrogen-bond acceptors (Lipinski definition) is 2. The number of unbranched alkanes of at least 4 members (excludes halogenated alkanes) is 1. The Labute approximate surface area is 190 Å². The molecule has 0 saturated heterocycles. The summed E-state index contributed by atoms with van der Waals surface area (Å²) in [5.74, 6) is 4.21. The maximum Gasteiger partial charge on any atom is 0.159 e. The SMILES string of the molecule is CCCC[C@H]1CC[C@H](c2cnc(-c3ccc([C@H]4CC[C@H](CCC)CC4)cc3)nc2)CC1. The zero-order valence-corrected chi connectivity index (χ0v) is 19.9. The van der Waals surface area contributed by atoms with Crippen LogP contribution in [0.2, 0.25) is 0 Å². The summed E-state index contributed by atoms with van der Waals surface area (Å²) in [4.78, 5) is 9.51. The van der Waals surface area contributed by atoms with Gasteiger partial charge in [-0.25, -0.2) is 9.97 Å². The largest absolute Gasteiger partial charge is 0.236 e. The number of rotatable bonds is 8. The summed E-state index contributed by atoms with van der Waals surface area (Å²) < 4.78 is 0. The normalized spacial score (nSPS) is 26.6. The molecule has 1 aromatic carbocycles. The fourth-order valence-corrected chi connectivity index (χ4v) is 6.07. The van der Waals surface area contributed by atoms with Crippen molar-refractivity contribution in [2.45, 2.75) is 109 Å². The molecule has 1 heterocycles. The maximum absolute atomic E-state index is 4.75. The van der Waals surface area contributed by atoms with Gasteiger partial charge < -0.3 is 0 Å². The van der Waals surface area contributed by atoms with Crippen molar-refractivity contribution in [2.24, 2.45) is 11.8 Å². The standard InChI is InChI=1S/C29H42N2/c1-3-5-7-23-10-14-26(15-11-23)28-20-30-29(31-21-28)27-18-16-25(17-19-27)24-12-8-22(6-4-2)9-13-24/h16-24,26H,3-15H2,1-2H3/t22-,23-,24-,26-. The van der Waals surface area contributed by atoms with E-state index in [1.54, 1.807) is 0 Å². The molecule has 2 nitrogen and oxygen atoms in total. The second-order valence-corrected chi connectivity index (χ2v) is 10.3. The van der Waals surface area contributed by atoms with Gasteiger partial charge in [0.25, 0.3) is 0 Å². The summed E-state index contributed by atoms with van der Waals surface area (Å²) in [6.07, 6.45) is 22.0. The van der Waals surface area contributed by atoms with E-state index in [2.05, 4.69) is 50.5 Å². The molecule has 0 N–H and O–H groups in total. The Hall–Kier alpha value is -1.70. The smallest absolute Gasteiger partial charge is 0.159 e. The van der Waals surface area contributed by atoms with Gasteiger partial charge in [0.05, 0.1) is 0 Å². The first-order valence-electron chi connectivity index (χ1n) is 13.2. The molecule has 0 aliphatic heterocycles. The first-order valence-corrected chi connectivity index (χ1v) is 13.2. The minimum atomic E-state index is 0.664. The third kappa shape index (κ3) is 5.96. The van der Waals surface area contributed by atoms with Crippen LogP contribution in [0.4, 0.5) is 0 Å². The van der Waals surface area contributed by atoms with Crippen LogP contribution >= 0.6 is 0 Å². The van der Waals surface area contributed by atoms with Crippen molar-refractivity contribution in [3.63, 3.8) is 0 Å². The highest BCUT2D eigenvalue weighted by Gasteiger charge is 2.23. The molecule has 2 fully saturated rings. The number of aromatic nitrogens is 2. The van der Waals surface area contributed by atoms with Crippen molar-refractivity contribution in [1.82, 2.24) is 9.97 Å². The molecule has 4 rings (SSSR count). The summed E-state index contributed by atoms with van der Waals surface area (Å²) in [6.45, 7) is 4.62. The Kier molecular flexibility index (Phi) is 8.16. The summed E-state index contributed by atoms with van der Waals surface area (Å²) in [5, 5.41) is 0. The average molecular weight is 419 g/mol. The second kappa shape index (κ2) is 11.2. The topological polar surface area (TPSA) is 25.8 Å². The van der Waals surface area contributed by atoms with E-state index in [0.717, 1.165) is 29.1 Å². The lowest BCUT2D eigenvalue weighted by molar-refractivity contribution is 0.304. The Bertz CT molecular complexity index is 763. The van der Waals surface area contributed by atoms with Gasteiger partial charge in [0, 0.05) is 18.0 Å². The minimum absolute atomic E-state index is 0.664. The van der Waals surface area contributed by atoms with Crippen LogP contribution in [0, 0.1) is 11.8 Å². The lowest BCUT2D eigenvalue weighted by Crippen LogP contribution is -2.14. The van der Waals surface area contributed by atoms with E-state index in [9.17, 15) is 0 Å². The number of benzene rings is 1. The van der Waals surface area contributed by atoms with Gasteiger partial charge in [0.15, 0.2) is 5.82 Å². The molecule has 31 heavy (non-hydrogen) atoms. The van der Waals surface area contributed by atoms with Gasteiger partial charge in [-0.05, 0) is 86.2 Å². The first kappa shape index (κ1) is 22.5. The van der Waals surface area contributed by atoms with E-state index in [0.29, 0.717) is 5.92 Å². The molecule has 0 bridgehead atoms. The van der Waals surface area contributed by atoms with Crippen LogP contribution in [-0.2, 0) is 0 Å². The van der Waals surface area contributed by atoms with Crippen LogP contribution in [0.5, 0.6) is 0 Å². The van der Waals surface area contributed by atoms with Crippen LogP contribution in [0.25, 0.3) is 11.4 Å². The van der Waals surface area contributed by atoms with E-state index < -0.39 is 0 Å². The molecule has 2 saturated carbocycles. The predicted octanol–water partition coefficient (Wildman–Crippen LogP) is 8.68.